The zero-order valence-electron chi connectivity index (χ0n) is 19.6. The normalized spacial score (nSPS) is 13.4. The van der Waals surface area contributed by atoms with Crippen molar-refractivity contribution in [3.63, 3.8) is 0 Å². The van der Waals surface area contributed by atoms with Crippen LogP contribution < -0.4 is 14.5 Å². The van der Waals surface area contributed by atoms with E-state index in [9.17, 15) is 13.2 Å². The molecule has 1 atom stereocenters. The molecule has 32 heavy (non-hydrogen) atoms. The minimum absolute atomic E-state index is 0.160. The van der Waals surface area contributed by atoms with Crippen molar-refractivity contribution >= 4 is 27.3 Å². The second-order valence-corrected chi connectivity index (χ2v) is 10.3. The van der Waals surface area contributed by atoms with Gasteiger partial charge in [-0.3, -0.25) is 9.10 Å². The molecule has 174 valence electrons. The summed E-state index contributed by atoms with van der Waals surface area (Å²) in [5.74, 6) is 0.115. The lowest BCUT2D eigenvalue weighted by Gasteiger charge is -2.28. The molecule has 2 aromatic rings. The first kappa shape index (κ1) is 25.4. The van der Waals surface area contributed by atoms with Crippen LogP contribution in [0.2, 0.25) is 0 Å². The van der Waals surface area contributed by atoms with Gasteiger partial charge in [-0.15, -0.1) is 0 Å². The molecule has 0 saturated carbocycles. The highest BCUT2D eigenvalue weighted by Gasteiger charge is 2.29. The standard InChI is InChI=1S/C24H33N3O4S/c1-7-31-22-15-13-21(14-16-22)27(32(6,29)30)19(3)23(28)26-25-18(2)17-24(4,5)20-11-9-8-10-12-20/h8-16,19H,7,17H2,1-6H3,(H,26,28)/b25-18-/t19-/m1/s1. The van der Waals surface area contributed by atoms with E-state index in [-0.39, 0.29) is 5.41 Å². The maximum Gasteiger partial charge on any atom is 0.263 e. The largest absolute Gasteiger partial charge is 0.494 e. The number of sulfonamides is 1. The molecule has 0 aromatic heterocycles. The monoisotopic (exact) mass is 459 g/mol. The number of rotatable bonds is 10. The van der Waals surface area contributed by atoms with E-state index in [1.54, 1.807) is 24.3 Å². The number of hydrazone groups is 1. The molecule has 0 fully saturated rings. The summed E-state index contributed by atoms with van der Waals surface area (Å²) in [6.45, 7) is 9.98. The molecular weight excluding hydrogens is 426 g/mol. The van der Waals surface area contributed by atoms with Crippen molar-refractivity contribution in [2.75, 3.05) is 17.2 Å². The van der Waals surface area contributed by atoms with Crippen molar-refractivity contribution in [2.24, 2.45) is 5.10 Å². The Morgan fingerprint density at radius 3 is 2.25 bits per heavy atom. The van der Waals surface area contributed by atoms with Gasteiger partial charge in [0.15, 0.2) is 0 Å². The summed E-state index contributed by atoms with van der Waals surface area (Å²) in [6.07, 6.45) is 1.71. The number of nitrogens with one attached hydrogen (secondary N) is 1. The lowest BCUT2D eigenvalue weighted by atomic mass is 9.80. The quantitative estimate of drug-likeness (QED) is 0.428. The lowest BCUT2D eigenvalue weighted by Crippen LogP contribution is -2.47. The fourth-order valence-electron chi connectivity index (χ4n) is 3.58. The van der Waals surface area contributed by atoms with Crippen molar-refractivity contribution in [3.8, 4) is 5.75 Å². The van der Waals surface area contributed by atoms with Crippen molar-refractivity contribution in [1.29, 1.82) is 0 Å². The zero-order chi connectivity index (χ0) is 23.9. The topological polar surface area (TPSA) is 88.1 Å². The van der Waals surface area contributed by atoms with Gasteiger partial charge in [-0.05, 0) is 62.4 Å². The molecule has 0 aliphatic heterocycles. The maximum atomic E-state index is 12.8. The summed E-state index contributed by atoms with van der Waals surface area (Å²) < 4.78 is 31.4. The van der Waals surface area contributed by atoms with Crippen molar-refractivity contribution in [1.82, 2.24) is 5.43 Å². The average molecular weight is 460 g/mol. The number of hydrogen-bond acceptors (Lipinski definition) is 5. The van der Waals surface area contributed by atoms with E-state index in [0.717, 1.165) is 16.3 Å². The number of nitrogens with zero attached hydrogens (tertiary/aromatic N) is 2. The van der Waals surface area contributed by atoms with Crippen LogP contribution in [0.5, 0.6) is 5.75 Å². The highest BCUT2D eigenvalue weighted by molar-refractivity contribution is 7.92. The summed E-state index contributed by atoms with van der Waals surface area (Å²) in [6, 6.07) is 15.7. The molecule has 0 aliphatic carbocycles. The van der Waals surface area contributed by atoms with E-state index in [4.69, 9.17) is 4.74 Å². The average Bonchev–Trinajstić information content (AvgIpc) is 2.73. The minimum Gasteiger partial charge on any atom is -0.494 e. The number of benzene rings is 2. The lowest BCUT2D eigenvalue weighted by molar-refractivity contribution is -0.121. The molecule has 7 nitrogen and oxygen atoms in total. The van der Waals surface area contributed by atoms with Gasteiger partial charge < -0.3 is 4.74 Å². The molecule has 2 aromatic carbocycles. The predicted octanol–water partition coefficient (Wildman–Crippen LogP) is 4.10. The fraction of sp³-hybridized carbons (Fsp3) is 0.417. The van der Waals surface area contributed by atoms with Gasteiger partial charge in [-0.2, -0.15) is 5.10 Å². The van der Waals surface area contributed by atoms with Gasteiger partial charge in [0.2, 0.25) is 10.0 Å². The Kier molecular flexibility index (Phi) is 8.44. The molecule has 8 heteroatoms. The van der Waals surface area contributed by atoms with E-state index in [2.05, 4.69) is 36.5 Å². The Morgan fingerprint density at radius 1 is 1.12 bits per heavy atom. The number of carbonyl (C=O) groups excluding carboxylic acids is 1. The molecule has 0 heterocycles. The van der Waals surface area contributed by atoms with Gasteiger partial charge in [0.25, 0.3) is 5.91 Å². The van der Waals surface area contributed by atoms with Crippen LogP contribution in [0.3, 0.4) is 0 Å². The SMILES string of the molecule is CCOc1ccc(N([C@H](C)C(=O)N/N=C(/C)CC(C)(C)c2ccccc2)S(C)(=O)=O)cc1. The Bertz CT molecular complexity index is 1030. The fourth-order valence-corrected chi connectivity index (χ4v) is 4.75. The van der Waals surface area contributed by atoms with Crippen LogP contribution in [-0.4, -0.2) is 38.9 Å². The van der Waals surface area contributed by atoms with E-state index >= 15 is 0 Å². The number of ether oxygens (including phenoxy) is 1. The summed E-state index contributed by atoms with van der Waals surface area (Å²) in [7, 11) is -3.71. The summed E-state index contributed by atoms with van der Waals surface area (Å²) in [4.78, 5) is 12.8. The molecule has 0 spiro atoms. The molecule has 1 amide bonds. The first-order valence-corrected chi connectivity index (χ1v) is 12.4. The Morgan fingerprint density at radius 2 is 1.72 bits per heavy atom. The van der Waals surface area contributed by atoms with Crippen LogP contribution in [0, 0.1) is 0 Å². The number of hydrogen-bond donors (Lipinski definition) is 1. The van der Waals surface area contributed by atoms with Crippen LogP contribution in [-0.2, 0) is 20.2 Å². The van der Waals surface area contributed by atoms with Crippen LogP contribution >= 0.6 is 0 Å². The molecule has 0 saturated heterocycles. The van der Waals surface area contributed by atoms with Crippen molar-refractivity contribution in [3.05, 3.63) is 60.2 Å². The van der Waals surface area contributed by atoms with Crippen molar-refractivity contribution < 1.29 is 17.9 Å². The maximum absolute atomic E-state index is 12.8. The predicted molar refractivity (Wildman–Crippen MR) is 130 cm³/mol. The van der Waals surface area contributed by atoms with Gasteiger partial charge in [0, 0.05) is 5.71 Å². The smallest absolute Gasteiger partial charge is 0.263 e. The number of anilines is 1. The van der Waals surface area contributed by atoms with Gasteiger partial charge in [-0.1, -0.05) is 44.2 Å². The molecule has 0 bridgehead atoms. The molecule has 0 aliphatic rings. The third-order valence-corrected chi connectivity index (χ3v) is 6.34. The van der Waals surface area contributed by atoms with E-state index in [1.807, 2.05) is 32.0 Å². The minimum atomic E-state index is -3.71. The third-order valence-electron chi connectivity index (χ3n) is 5.10. The van der Waals surface area contributed by atoms with Gasteiger partial charge in [0.1, 0.15) is 11.8 Å². The van der Waals surface area contributed by atoms with Gasteiger partial charge in [-0.25, -0.2) is 13.8 Å². The zero-order valence-corrected chi connectivity index (χ0v) is 20.4. The summed E-state index contributed by atoms with van der Waals surface area (Å²) in [5.41, 5.74) is 4.66. The van der Waals surface area contributed by atoms with E-state index in [1.165, 1.54) is 12.5 Å². The summed E-state index contributed by atoms with van der Waals surface area (Å²) >= 11 is 0. The highest BCUT2D eigenvalue weighted by atomic mass is 32.2. The second kappa shape index (κ2) is 10.6. The molecule has 0 unspecified atom stereocenters. The van der Waals surface area contributed by atoms with Crippen LogP contribution in [0.25, 0.3) is 0 Å². The highest BCUT2D eigenvalue weighted by Crippen LogP contribution is 2.27. The Labute approximate surface area is 191 Å². The number of carbonyl (C=O) groups is 1. The van der Waals surface area contributed by atoms with Gasteiger partial charge >= 0.3 is 0 Å². The van der Waals surface area contributed by atoms with E-state index < -0.39 is 22.0 Å². The molecular formula is C24H33N3O4S. The van der Waals surface area contributed by atoms with Crippen LogP contribution in [0.4, 0.5) is 5.69 Å². The van der Waals surface area contributed by atoms with Crippen molar-refractivity contribution in [2.45, 2.75) is 52.5 Å². The van der Waals surface area contributed by atoms with E-state index in [0.29, 0.717) is 24.5 Å². The first-order valence-electron chi connectivity index (χ1n) is 10.6. The second-order valence-electron chi connectivity index (χ2n) is 8.41. The van der Waals surface area contributed by atoms with Crippen LogP contribution in [0.15, 0.2) is 59.7 Å². The van der Waals surface area contributed by atoms with Gasteiger partial charge in [0.05, 0.1) is 18.6 Å². The molecule has 1 N–H and O–H groups in total. The Balaban J connectivity index is 2.14. The summed E-state index contributed by atoms with van der Waals surface area (Å²) in [5, 5.41) is 4.23. The molecule has 0 radical (unpaired) electrons. The number of amides is 1. The third kappa shape index (κ3) is 6.82. The van der Waals surface area contributed by atoms with Crippen LogP contribution in [0.1, 0.15) is 46.6 Å². The first-order chi connectivity index (χ1) is 15.0. The molecule has 2 rings (SSSR count). The Hall–Kier alpha value is -2.87.